The molecule has 1 rings (SSSR count). The fourth-order valence-electron chi connectivity index (χ4n) is 0.604. The topological polar surface area (TPSA) is 0 Å². The number of unbranched alkanes of at least 4 members (excludes halogenated alkanes) is 2. The molecule has 0 aromatic rings. The van der Waals surface area contributed by atoms with Crippen molar-refractivity contribution in [3.63, 3.8) is 0 Å². The number of rotatable bonds is 2. The Balaban J connectivity index is -0.000000134. The molecule has 0 amide bonds. The van der Waals surface area contributed by atoms with E-state index in [1.807, 2.05) is 13.8 Å². The minimum atomic E-state index is 0.833. The summed E-state index contributed by atoms with van der Waals surface area (Å²) in [4.78, 5) is 0. The minimum absolute atomic E-state index is 0.833. The van der Waals surface area contributed by atoms with Gasteiger partial charge in [-0.05, 0) is 5.92 Å². The van der Waals surface area contributed by atoms with Gasteiger partial charge in [0.15, 0.2) is 0 Å². The van der Waals surface area contributed by atoms with E-state index in [0.717, 1.165) is 5.92 Å². The van der Waals surface area contributed by atoms with Crippen molar-refractivity contribution in [1.29, 1.82) is 0 Å². The van der Waals surface area contributed by atoms with E-state index in [1.165, 1.54) is 44.9 Å². The smallest absolute Gasteiger partial charge is 0.0500 e. The monoisotopic (exact) mass is 216 g/mol. The summed E-state index contributed by atoms with van der Waals surface area (Å²) in [5.41, 5.74) is 0. The Morgan fingerprint density at radius 1 is 0.733 bits per heavy atom. The lowest BCUT2D eigenvalue weighted by Gasteiger charge is -2.05. The maximum atomic E-state index is 2.21. The molecule has 0 aliphatic heterocycles. The van der Waals surface area contributed by atoms with Crippen molar-refractivity contribution in [2.45, 2.75) is 93.4 Å². The van der Waals surface area contributed by atoms with E-state index in [-0.39, 0.29) is 0 Å². The molecule has 0 nitrogen and oxygen atoms in total. The number of hydrogen-bond donors (Lipinski definition) is 0. The Labute approximate surface area is 99.9 Å². The molecule has 0 aromatic carbocycles. The first-order valence-corrected chi connectivity index (χ1v) is 7.15. The molecule has 1 aliphatic rings. The predicted octanol–water partition coefficient (Wildman–Crippen LogP) is 6.45. The molecule has 0 saturated heterocycles. The summed E-state index contributed by atoms with van der Waals surface area (Å²) >= 11 is 0. The summed E-state index contributed by atoms with van der Waals surface area (Å²) in [6, 6.07) is 0. The molecule has 96 valence electrons. The third-order valence-electron chi connectivity index (χ3n) is 1.71. The van der Waals surface area contributed by atoms with E-state index < -0.39 is 0 Å². The molecule has 0 N–H and O–H groups in total. The zero-order chi connectivity index (χ0) is 12.5. The van der Waals surface area contributed by atoms with Crippen LogP contribution >= 0.6 is 0 Å². The molecule has 0 aromatic heterocycles. The molecule has 1 aliphatic carbocycles. The highest BCUT2D eigenvalue weighted by atomic mass is 14.0. The van der Waals surface area contributed by atoms with Crippen LogP contribution in [0, 0.1) is 5.92 Å². The average Bonchev–Trinajstić information content (AvgIpc) is 2.05. The fourth-order valence-corrected chi connectivity index (χ4v) is 0.604. The van der Waals surface area contributed by atoms with Gasteiger partial charge in [-0.3, -0.25) is 0 Å². The second-order valence-electron chi connectivity index (χ2n) is 4.50. The normalized spacial score (nSPS) is 12.0. The summed E-state index contributed by atoms with van der Waals surface area (Å²) < 4.78 is 0. The Morgan fingerprint density at radius 2 is 0.933 bits per heavy atom. The predicted molar refractivity (Wildman–Crippen MR) is 75.5 cm³/mol. The maximum absolute atomic E-state index is 2.21. The van der Waals surface area contributed by atoms with E-state index in [9.17, 15) is 0 Å². The van der Waals surface area contributed by atoms with Crippen LogP contribution in [0.1, 0.15) is 93.4 Å². The van der Waals surface area contributed by atoms with Crippen molar-refractivity contribution in [3.05, 3.63) is 0 Å². The van der Waals surface area contributed by atoms with Gasteiger partial charge in [0, 0.05) is 0 Å². The average molecular weight is 216 g/mol. The zero-order valence-electron chi connectivity index (χ0n) is 12.5. The summed E-state index contributed by atoms with van der Waals surface area (Å²) in [6.45, 7) is 14.9. The molecule has 0 radical (unpaired) electrons. The van der Waals surface area contributed by atoms with Gasteiger partial charge in [-0.15, -0.1) is 0 Å². The van der Waals surface area contributed by atoms with Gasteiger partial charge in [-0.25, -0.2) is 0 Å². The first-order valence-electron chi connectivity index (χ1n) is 7.15. The SMILES string of the molecule is C1CCC1.CC.CC(C)C.CCCCC. The summed E-state index contributed by atoms with van der Waals surface area (Å²) in [5.74, 6) is 0.833. The second-order valence-corrected chi connectivity index (χ2v) is 4.50. The van der Waals surface area contributed by atoms with Gasteiger partial charge in [0.1, 0.15) is 0 Å². The molecule has 0 atom stereocenters. The molecular weight excluding hydrogens is 180 g/mol. The van der Waals surface area contributed by atoms with Crippen molar-refractivity contribution < 1.29 is 0 Å². The van der Waals surface area contributed by atoms with Gasteiger partial charge >= 0.3 is 0 Å². The highest BCUT2D eigenvalue weighted by Crippen LogP contribution is 2.15. The summed E-state index contributed by atoms with van der Waals surface area (Å²) in [6.07, 6.45) is 10.1. The van der Waals surface area contributed by atoms with Crippen LogP contribution in [0.2, 0.25) is 0 Å². The summed E-state index contributed by atoms with van der Waals surface area (Å²) in [7, 11) is 0. The van der Waals surface area contributed by atoms with Gasteiger partial charge in [0.2, 0.25) is 0 Å². The highest BCUT2D eigenvalue weighted by molar-refractivity contribution is 4.50. The molecule has 1 saturated carbocycles. The first kappa shape index (κ1) is 20.4. The minimum Gasteiger partial charge on any atom is -0.0683 e. The van der Waals surface area contributed by atoms with Crippen LogP contribution in [0.5, 0.6) is 0 Å². The third kappa shape index (κ3) is 56.0. The Kier molecular flexibility index (Phi) is 32.2. The van der Waals surface area contributed by atoms with Crippen LogP contribution in [0.25, 0.3) is 0 Å². The lowest BCUT2D eigenvalue weighted by atomic mass is 10.0. The van der Waals surface area contributed by atoms with Gasteiger partial charge < -0.3 is 0 Å². The van der Waals surface area contributed by atoms with Gasteiger partial charge in [0.05, 0.1) is 0 Å². The molecular formula is C15H36. The van der Waals surface area contributed by atoms with Crippen molar-refractivity contribution >= 4 is 0 Å². The first-order chi connectivity index (χ1) is 7.15. The standard InChI is InChI=1S/C5H12.C4H8.C4H10.C2H6/c1-3-5-4-2;1-2-4-3-1;1-4(2)3;1-2/h3-5H2,1-2H3;1-4H2;4H,1-3H3;1-2H3. The van der Waals surface area contributed by atoms with Crippen LogP contribution in [-0.4, -0.2) is 0 Å². The third-order valence-corrected chi connectivity index (χ3v) is 1.71. The van der Waals surface area contributed by atoms with E-state index in [0.29, 0.717) is 0 Å². The fraction of sp³-hybridized carbons (Fsp3) is 1.00. The van der Waals surface area contributed by atoms with Crippen molar-refractivity contribution in [1.82, 2.24) is 0 Å². The summed E-state index contributed by atoms with van der Waals surface area (Å²) in [5, 5.41) is 0. The van der Waals surface area contributed by atoms with E-state index in [4.69, 9.17) is 0 Å². The zero-order valence-corrected chi connectivity index (χ0v) is 12.5. The molecule has 1 fully saturated rings. The van der Waals surface area contributed by atoms with Gasteiger partial charge in [-0.1, -0.05) is 93.4 Å². The van der Waals surface area contributed by atoms with Crippen molar-refractivity contribution in [2.75, 3.05) is 0 Å². The Bertz CT molecular complexity index is 51.7. The Hall–Kier alpha value is 0. The van der Waals surface area contributed by atoms with Crippen LogP contribution in [-0.2, 0) is 0 Å². The van der Waals surface area contributed by atoms with Gasteiger partial charge in [-0.2, -0.15) is 0 Å². The molecule has 0 unspecified atom stereocenters. The van der Waals surface area contributed by atoms with E-state index in [2.05, 4.69) is 34.6 Å². The lowest BCUT2D eigenvalue weighted by molar-refractivity contribution is 0.504. The van der Waals surface area contributed by atoms with Crippen LogP contribution in [0.15, 0.2) is 0 Å². The molecule has 0 spiro atoms. The van der Waals surface area contributed by atoms with E-state index >= 15 is 0 Å². The number of hydrogen-bond acceptors (Lipinski definition) is 0. The van der Waals surface area contributed by atoms with Gasteiger partial charge in [0.25, 0.3) is 0 Å². The van der Waals surface area contributed by atoms with Crippen LogP contribution < -0.4 is 0 Å². The molecule has 15 heavy (non-hydrogen) atoms. The van der Waals surface area contributed by atoms with Crippen LogP contribution in [0.4, 0.5) is 0 Å². The largest absolute Gasteiger partial charge is 0.0683 e. The molecule has 0 heteroatoms. The van der Waals surface area contributed by atoms with Crippen LogP contribution in [0.3, 0.4) is 0 Å². The lowest BCUT2D eigenvalue weighted by Crippen LogP contribution is -1.85. The second kappa shape index (κ2) is 23.7. The highest BCUT2D eigenvalue weighted by Gasteiger charge is 1.95. The quantitative estimate of drug-likeness (QED) is 0.498. The van der Waals surface area contributed by atoms with Crippen molar-refractivity contribution in [2.24, 2.45) is 5.92 Å². The van der Waals surface area contributed by atoms with Crippen molar-refractivity contribution in [3.8, 4) is 0 Å². The molecule has 0 heterocycles. The maximum Gasteiger partial charge on any atom is -0.0500 e. The Morgan fingerprint density at radius 3 is 0.933 bits per heavy atom. The van der Waals surface area contributed by atoms with E-state index in [1.54, 1.807) is 0 Å². The molecule has 0 bridgehead atoms.